The fourth-order valence-electron chi connectivity index (χ4n) is 4.08. The summed E-state index contributed by atoms with van der Waals surface area (Å²) >= 11 is 0. The first kappa shape index (κ1) is 24.2. The molecule has 0 radical (unpaired) electrons. The summed E-state index contributed by atoms with van der Waals surface area (Å²) in [5.74, 6) is 0.815. The van der Waals surface area contributed by atoms with E-state index in [9.17, 15) is 4.79 Å². The third-order valence-corrected chi connectivity index (χ3v) is 6.20. The number of ether oxygens (including phenoxy) is 1. The Morgan fingerprint density at radius 1 is 1.26 bits per heavy atom. The molecular weight excluding hydrogens is 340 g/mol. The molecule has 0 spiro atoms. The first-order valence-electron chi connectivity index (χ1n) is 11.1. The third-order valence-electron chi connectivity index (χ3n) is 6.20. The minimum Gasteiger partial charge on any atom is -0.469 e. The normalized spacial score (nSPS) is 27.4. The average molecular weight is 383 g/mol. The van der Waals surface area contributed by atoms with E-state index >= 15 is 0 Å². The number of carbonyl (C=O) groups excluding carboxylic acids is 1. The molecule has 1 fully saturated rings. The Morgan fingerprint density at radius 3 is 2.52 bits per heavy atom. The molecule has 0 aromatic carbocycles. The zero-order valence-electron chi connectivity index (χ0n) is 18.5. The van der Waals surface area contributed by atoms with Crippen molar-refractivity contribution in [2.24, 2.45) is 11.8 Å². The molecule has 1 aliphatic heterocycles. The number of hydrogen-bond acceptors (Lipinski definition) is 4. The highest BCUT2D eigenvalue weighted by atomic mass is 17.2. The van der Waals surface area contributed by atoms with Crippen molar-refractivity contribution in [3.8, 4) is 0 Å². The van der Waals surface area contributed by atoms with Crippen LogP contribution < -0.4 is 0 Å². The largest absolute Gasteiger partial charge is 0.469 e. The predicted molar refractivity (Wildman–Crippen MR) is 110 cm³/mol. The molecule has 0 aliphatic carbocycles. The number of hydrogen-bond donors (Lipinski definition) is 0. The van der Waals surface area contributed by atoms with Gasteiger partial charge in [-0.3, -0.25) is 4.79 Å². The van der Waals surface area contributed by atoms with E-state index in [1.54, 1.807) is 0 Å². The van der Waals surface area contributed by atoms with Gasteiger partial charge in [0.2, 0.25) is 0 Å². The molecule has 0 amide bonds. The highest BCUT2D eigenvalue weighted by Crippen LogP contribution is 2.39. The van der Waals surface area contributed by atoms with Crippen LogP contribution in [0.2, 0.25) is 0 Å². The van der Waals surface area contributed by atoms with Crippen LogP contribution in [0.3, 0.4) is 0 Å². The van der Waals surface area contributed by atoms with Crippen LogP contribution in [0.5, 0.6) is 0 Å². The van der Waals surface area contributed by atoms with E-state index in [0.29, 0.717) is 5.92 Å². The first-order valence-corrected chi connectivity index (χ1v) is 11.1. The number of allylic oxidation sites excluding steroid dienone is 1. The van der Waals surface area contributed by atoms with Gasteiger partial charge in [0.05, 0.1) is 13.5 Å². The van der Waals surface area contributed by atoms with Gasteiger partial charge in [-0.1, -0.05) is 78.4 Å². The molecule has 4 heteroatoms. The number of unbranched alkanes of at least 4 members (excludes halogenated alkanes) is 1. The van der Waals surface area contributed by atoms with Gasteiger partial charge in [-0.15, -0.1) is 0 Å². The van der Waals surface area contributed by atoms with Crippen molar-refractivity contribution in [2.75, 3.05) is 7.11 Å². The maximum Gasteiger partial charge on any atom is 0.308 e. The second-order valence-corrected chi connectivity index (χ2v) is 8.07. The fraction of sp³-hybridized carbons (Fsp3) is 0.870. The number of carbonyl (C=O) groups is 1. The Bertz CT molecular complexity index is 459. The summed E-state index contributed by atoms with van der Waals surface area (Å²) in [6.07, 6.45) is 12.4. The molecule has 1 aliphatic rings. The van der Waals surface area contributed by atoms with Crippen molar-refractivity contribution in [1.29, 1.82) is 0 Å². The third kappa shape index (κ3) is 7.57. The lowest BCUT2D eigenvalue weighted by molar-refractivity contribution is -0.409. The summed E-state index contributed by atoms with van der Waals surface area (Å²) < 4.78 is 4.81. The lowest BCUT2D eigenvalue weighted by atomic mass is 9.79. The highest BCUT2D eigenvalue weighted by Gasteiger charge is 2.41. The molecule has 0 N–H and O–H groups in total. The first-order chi connectivity index (χ1) is 13.0. The van der Waals surface area contributed by atoms with E-state index in [4.69, 9.17) is 14.5 Å². The number of esters is 1. The molecule has 0 aromatic heterocycles. The van der Waals surface area contributed by atoms with E-state index in [-0.39, 0.29) is 24.1 Å². The summed E-state index contributed by atoms with van der Waals surface area (Å²) in [4.78, 5) is 23.4. The van der Waals surface area contributed by atoms with E-state index in [1.165, 1.54) is 38.4 Å². The molecule has 0 aromatic rings. The second kappa shape index (κ2) is 12.6. The smallest absolute Gasteiger partial charge is 0.308 e. The van der Waals surface area contributed by atoms with Gasteiger partial charge in [0.25, 0.3) is 0 Å². The van der Waals surface area contributed by atoms with Crippen LogP contribution in [0.15, 0.2) is 11.6 Å². The summed E-state index contributed by atoms with van der Waals surface area (Å²) in [6.45, 7) is 11.1. The summed E-state index contributed by atoms with van der Waals surface area (Å²) in [5, 5.41) is 0. The monoisotopic (exact) mass is 382 g/mol. The SMILES string of the molecule is CCCC[C@H](CC)C/C(=C/[C@]1(CC)C[C@@H](CC)[C@@H](CC(=O)OC)OO1)CC. The molecule has 0 unspecified atom stereocenters. The van der Waals surface area contributed by atoms with E-state index in [1.807, 2.05) is 0 Å². The minimum absolute atomic E-state index is 0.214. The van der Waals surface area contributed by atoms with E-state index < -0.39 is 0 Å². The van der Waals surface area contributed by atoms with E-state index in [0.717, 1.165) is 38.0 Å². The Morgan fingerprint density at radius 2 is 2.00 bits per heavy atom. The maximum atomic E-state index is 11.7. The highest BCUT2D eigenvalue weighted by molar-refractivity contribution is 5.69. The van der Waals surface area contributed by atoms with Crippen LogP contribution >= 0.6 is 0 Å². The van der Waals surface area contributed by atoms with E-state index in [2.05, 4.69) is 40.7 Å². The molecule has 1 heterocycles. The van der Waals surface area contributed by atoms with Crippen molar-refractivity contribution < 1.29 is 19.3 Å². The van der Waals surface area contributed by atoms with Gasteiger partial charge in [-0.2, -0.15) is 0 Å². The van der Waals surface area contributed by atoms with Crippen LogP contribution in [0.1, 0.15) is 98.8 Å². The van der Waals surface area contributed by atoms with Crippen LogP contribution in [-0.2, 0) is 19.3 Å². The minimum atomic E-state index is -0.373. The van der Waals surface area contributed by atoms with Gasteiger partial charge in [-0.25, -0.2) is 9.78 Å². The fourth-order valence-corrected chi connectivity index (χ4v) is 4.08. The van der Waals surface area contributed by atoms with Crippen LogP contribution in [0.25, 0.3) is 0 Å². The van der Waals surface area contributed by atoms with Crippen LogP contribution in [0.4, 0.5) is 0 Å². The van der Waals surface area contributed by atoms with Crippen molar-refractivity contribution in [3.63, 3.8) is 0 Å². The van der Waals surface area contributed by atoms with Gasteiger partial charge < -0.3 is 4.74 Å². The lowest BCUT2D eigenvalue weighted by Crippen LogP contribution is -2.44. The predicted octanol–water partition coefficient (Wildman–Crippen LogP) is 6.39. The average Bonchev–Trinajstić information content (AvgIpc) is 2.71. The van der Waals surface area contributed by atoms with Crippen LogP contribution in [-0.4, -0.2) is 24.8 Å². The molecule has 1 rings (SSSR count). The topological polar surface area (TPSA) is 44.8 Å². The Hall–Kier alpha value is -0.870. The molecule has 1 saturated heterocycles. The number of methoxy groups -OCH3 is 1. The van der Waals surface area contributed by atoms with Crippen molar-refractivity contribution >= 4 is 5.97 Å². The van der Waals surface area contributed by atoms with Crippen molar-refractivity contribution in [3.05, 3.63) is 11.6 Å². The zero-order chi connectivity index (χ0) is 20.3. The molecule has 27 heavy (non-hydrogen) atoms. The molecule has 4 nitrogen and oxygen atoms in total. The van der Waals surface area contributed by atoms with Crippen LogP contribution in [0, 0.1) is 11.8 Å². The molecule has 0 saturated carbocycles. The van der Waals surface area contributed by atoms with Gasteiger partial charge in [0.15, 0.2) is 0 Å². The van der Waals surface area contributed by atoms with Crippen molar-refractivity contribution in [1.82, 2.24) is 0 Å². The summed E-state index contributed by atoms with van der Waals surface area (Å²) in [5.41, 5.74) is 1.10. The maximum absolute atomic E-state index is 11.7. The number of rotatable bonds is 12. The van der Waals surface area contributed by atoms with Gasteiger partial charge >= 0.3 is 5.97 Å². The summed E-state index contributed by atoms with van der Waals surface area (Å²) in [7, 11) is 1.42. The second-order valence-electron chi connectivity index (χ2n) is 8.07. The quantitative estimate of drug-likeness (QED) is 0.223. The zero-order valence-corrected chi connectivity index (χ0v) is 18.5. The molecule has 0 bridgehead atoms. The van der Waals surface area contributed by atoms with Crippen molar-refractivity contribution in [2.45, 2.75) is 111 Å². The lowest BCUT2D eigenvalue weighted by Gasteiger charge is -2.41. The Balaban J connectivity index is 2.88. The summed E-state index contributed by atoms with van der Waals surface area (Å²) in [6, 6.07) is 0. The molecular formula is C23H42O4. The molecule has 158 valence electrons. The van der Waals surface area contributed by atoms with Gasteiger partial charge in [-0.05, 0) is 37.5 Å². The van der Waals surface area contributed by atoms with Gasteiger partial charge in [0.1, 0.15) is 11.7 Å². The van der Waals surface area contributed by atoms with Gasteiger partial charge in [0, 0.05) is 0 Å². The molecule has 4 atom stereocenters. The Kier molecular flexibility index (Phi) is 11.2. The standard InChI is InChI=1S/C23H42O4/c1-7-12-13-18(8-2)14-19(9-3)16-23(11-5)17-20(10-4)21(26-27-23)15-22(24)25-6/h16,18,20-21H,7-15,17H2,1-6H3/b19-16+/t18-,20+,21+,23+/m0/s1. The Labute approximate surface area is 167 Å².